The molecule has 0 N–H and O–H groups in total. The Labute approximate surface area is 145 Å². The van der Waals surface area contributed by atoms with Gasteiger partial charge in [-0.25, -0.2) is 0 Å². The second-order valence-corrected chi connectivity index (χ2v) is 6.26. The summed E-state index contributed by atoms with van der Waals surface area (Å²) in [7, 11) is 1.61. The second kappa shape index (κ2) is 9.81. The highest BCUT2D eigenvalue weighted by Gasteiger charge is 2.09. The van der Waals surface area contributed by atoms with Crippen molar-refractivity contribution in [3.8, 4) is 11.5 Å². The Kier molecular flexibility index (Phi) is 8.10. The zero-order valence-electron chi connectivity index (χ0n) is 15.5. The van der Waals surface area contributed by atoms with E-state index in [1.165, 1.54) is 0 Å². The van der Waals surface area contributed by atoms with Crippen LogP contribution in [0.5, 0.6) is 11.5 Å². The zero-order valence-corrected chi connectivity index (χ0v) is 15.5. The highest BCUT2D eigenvalue weighted by molar-refractivity contribution is 5.92. The predicted octanol–water partition coefficient (Wildman–Crippen LogP) is 4.17. The van der Waals surface area contributed by atoms with Crippen LogP contribution in [0.25, 0.3) is 6.08 Å². The van der Waals surface area contributed by atoms with Crippen molar-refractivity contribution in [2.45, 2.75) is 27.7 Å². The Morgan fingerprint density at radius 1 is 1.33 bits per heavy atom. The van der Waals surface area contributed by atoms with E-state index >= 15 is 0 Å². The number of hydrogen-bond acceptors (Lipinski definition) is 3. The molecule has 1 amide bonds. The van der Waals surface area contributed by atoms with Gasteiger partial charge in [-0.05, 0) is 43.5 Å². The van der Waals surface area contributed by atoms with Gasteiger partial charge >= 0.3 is 0 Å². The molecule has 0 aliphatic rings. The third kappa shape index (κ3) is 6.49. The van der Waals surface area contributed by atoms with Crippen molar-refractivity contribution in [2.75, 3.05) is 26.8 Å². The van der Waals surface area contributed by atoms with Gasteiger partial charge in [-0.2, -0.15) is 0 Å². The van der Waals surface area contributed by atoms with E-state index in [2.05, 4.69) is 20.4 Å². The fraction of sp³-hybridized carbons (Fsp3) is 0.450. The Bertz CT molecular complexity index is 591. The molecule has 0 saturated carbocycles. The van der Waals surface area contributed by atoms with Crippen molar-refractivity contribution in [2.24, 2.45) is 5.92 Å². The van der Waals surface area contributed by atoms with E-state index in [-0.39, 0.29) is 5.91 Å². The van der Waals surface area contributed by atoms with Crippen LogP contribution in [0.15, 0.2) is 36.4 Å². The molecule has 0 radical (unpaired) electrons. The van der Waals surface area contributed by atoms with Crippen molar-refractivity contribution >= 4 is 12.0 Å². The monoisotopic (exact) mass is 331 g/mol. The van der Waals surface area contributed by atoms with Gasteiger partial charge in [-0.1, -0.05) is 32.1 Å². The summed E-state index contributed by atoms with van der Waals surface area (Å²) in [6.45, 7) is 13.8. The molecule has 0 spiro atoms. The summed E-state index contributed by atoms with van der Waals surface area (Å²) in [6.07, 6.45) is 3.37. The normalized spacial score (nSPS) is 10.9. The molecule has 0 bridgehead atoms. The molecule has 0 saturated heterocycles. The summed E-state index contributed by atoms with van der Waals surface area (Å²) in [5.74, 6) is 1.80. The third-order valence-corrected chi connectivity index (χ3v) is 3.33. The third-order valence-electron chi connectivity index (χ3n) is 3.33. The molecule has 4 nitrogen and oxygen atoms in total. The van der Waals surface area contributed by atoms with Crippen LogP contribution in [0.3, 0.4) is 0 Å². The molecule has 4 heteroatoms. The van der Waals surface area contributed by atoms with Gasteiger partial charge in [0.2, 0.25) is 5.91 Å². The van der Waals surface area contributed by atoms with E-state index in [4.69, 9.17) is 9.47 Å². The summed E-state index contributed by atoms with van der Waals surface area (Å²) in [5, 5.41) is 0. The summed E-state index contributed by atoms with van der Waals surface area (Å²) in [5.41, 5.74) is 1.86. The predicted molar refractivity (Wildman–Crippen MR) is 99.4 cm³/mol. The van der Waals surface area contributed by atoms with Gasteiger partial charge in [-0.15, -0.1) is 0 Å². The van der Waals surface area contributed by atoms with Crippen LogP contribution in [0.2, 0.25) is 0 Å². The van der Waals surface area contributed by atoms with Gasteiger partial charge in [-0.3, -0.25) is 4.79 Å². The minimum atomic E-state index is -0.0281. The van der Waals surface area contributed by atoms with Crippen LogP contribution >= 0.6 is 0 Å². The SMILES string of the molecule is C=C(C)CN(CC)C(=O)C=Cc1ccc(OCC(C)C)c(OC)c1. The number of amides is 1. The Morgan fingerprint density at radius 3 is 2.58 bits per heavy atom. The smallest absolute Gasteiger partial charge is 0.246 e. The lowest BCUT2D eigenvalue weighted by Crippen LogP contribution is -2.30. The number of hydrogen-bond donors (Lipinski definition) is 0. The number of methoxy groups -OCH3 is 1. The molecule has 132 valence electrons. The fourth-order valence-electron chi connectivity index (χ4n) is 2.11. The molecule has 24 heavy (non-hydrogen) atoms. The van der Waals surface area contributed by atoms with Gasteiger partial charge in [0.25, 0.3) is 0 Å². The first kappa shape index (κ1) is 19.8. The highest BCUT2D eigenvalue weighted by atomic mass is 16.5. The number of likely N-dealkylation sites (N-methyl/N-ethyl adjacent to an activating group) is 1. The molecule has 0 fully saturated rings. The number of benzene rings is 1. The molecule has 0 aromatic heterocycles. The number of ether oxygens (including phenoxy) is 2. The van der Waals surface area contributed by atoms with Crippen LogP contribution in [0.4, 0.5) is 0 Å². The number of rotatable bonds is 9. The van der Waals surface area contributed by atoms with Crippen LogP contribution in [-0.2, 0) is 4.79 Å². The summed E-state index contributed by atoms with van der Waals surface area (Å²) in [6, 6.07) is 5.66. The minimum Gasteiger partial charge on any atom is -0.493 e. The van der Waals surface area contributed by atoms with E-state index in [1.54, 1.807) is 24.2 Å². The van der Waals surface area contributed by atoms with Crippen LogP contribution in [-0.4, -0.2) is 37.6 Å². The van der Waals surface area contributed by atoms with E-state index in [9.17, 15) is 4.79 Å². The Balaban J connectivity index is 2.83. The average molecular weight is 331 g/mol. The van der Waals surface area contributed by atoms with E-state index in [1.807, 2.05) is 32.0 Å². The van der Waals surface area contributed by atoms with Gasteiger partial charge in [0, 0.05) is 19.2 Å². The highest BCUT2D eigenvalue weighted by Crippen LogP contribution is 2.29. The van der Waals surface area contributed by atoms with Crippen molar-refractivity contribution in [3.63, 3.8) is 0 Å². The largest absolute Gasteiger partial charge is 0.493 e. The Morgan fingerprint density at radius 2 is 2.04 bits per heavy atom. The maximum atomic E-state index is 12.2. The number of carbonyl (C=O) groups excluding carboxylic acids is 1. The maximum Gasteiger partial charge on any atom is 0.246 e. The standard InChI is InChI=1S/C20H29NO3/c1-7-21(13-15(2)3)20(22)11-9-17-8-10-18(19(12-17)23-6)24-14-16(4)5/h8-12,16H,2,7,13-14H2,1,3-6H3. The van der Waals surface area contributed by atoms with E-state index in [0.29, 0.717) is 37.1 Å². The van der Waals surface area contributed by atoms with Gasteiger partial charge < -0.3 is 14.4 Å². The summed E-state index contributed by atoms with van der Waals surface area (Å²) >= 11 is 0. The van der Waals surface area contributed by atoms with Crippen molar-refractivity contribution in [1.29, 1.82) is 0 Å². The molecular weight excluding hydrogens is 302 g/mol. The van der Waals surface area contributed by atoms with Gasteiger partial charge in [0.05, 0.1) is 13.7 Å². The van der Waals surface area contributed by atoms with E-state index < -0.39 is 0 Å². The molecule has 0 heterocycles. The number of carbonyl (C=O) groups is 1. The molecule has 0 aliphatic carbocycles. The lowest BCUT2D eigenvalue weighted by atomic mass is 10.1. The molecular formula is C20H29NO3. The van der Waals surface area contributed by atoms with Gasteiger partial charge in [0.1, 0.15) is 0 Å². The lowest BCUT2D eigenvalue weighted by molar-refractivity contribution is -0.125. The van der Waals surface area contributed by atoms with Crippen molar-refractivity contribution < 1.29 is 14.3 Å². The van der Waals surface area contributed by atoms with Crippen molar-refractivity contribution in [1.82, 2.24) is 4.90 Å². The average Bonchev–Trinajstić information content (AvgIpc) is 2.55. The first-order valence-electron chi connectivity index (χ1n) is 8.29. The van der Waals surface area contributed by atoms with Crippen LogP contribution < -0.4 is 9.47 Å². The zero-order chi connectivity index (χ0) is 18.1. The molecule has 0 atom stereocenters. The summed E-state index contributed by atoms with van der Waals surface area (Å²) in [4.78, 5) is 14.0. The van der Waals surface area contributed by atoms with Crippen LogP contribution in [0, 0.1) is 5.92 Å². The topological polar surface area (TPSA) is 38.8 Å². The van der Waals surface area contributed by atoms with Crippen molar-refractivity contribution in [3.05, 3.63) is 42.0 Å². The molecule has 1 aromatic rings. The summed E-state index contributed by atoms with van der Waals surface area (Å²) < 4.78 is 11.1. The number of nitrogens with zero attached hydrogens (tertiary/aromatic N) is 1. The Hall–Kier alpha value is -2.23. The first-order chi connectivity index (χ1) is 11.4. The molecule has 1 aromatic carbocycles. The van der Waals surface area contributed by atoms with E-state index in [0.717, 1.165) is 11.1 Å². The molecule has 0 unspecified atom stereocenters. The molecule has 0 aliphatic heterocycles. The fourth-order valence-corrected chi connectivity index (χ4v) is 2.11. The first-order valence-corrected chi connectivity index (χ1v) is 8.29. The maximum absolute atomic E-state index is 12.2. The molecule has 1 rings (SSSR count). The minimum absolute atomic E-state index is 0.0281. The van der Waals surface area contributed by atoms with Gasteiger partial charge in [0.15, 0.2) is 11.5 Å². The second-order valence-electron chi connectivity index (χ2n) is 6.26. The van der Waals surface area contributed by atoms with Crippen LogP contribution in [0.1, 0.15) is 33.3 Å². The lowest BCUT2D eigenvalue weighted by Gasteiger charge is -2.19. The quantitative estimate of drug-likeness (QED) is 0.503.